The maximum Gasteiger partial charge on any atom is 0.330 e. The zero-order valence-electron chi connectivity index (χ0n) is 14.7. The van der Waals surface area contributed by atoms with Crippen molar-refractivity contribution in [1.82, 2.24) is 14.9 Å². The zero-order chi connectivity index (χ0) is 17.5. The largest absolute Gasteiger partial charge is 0.466 e. The first-order valence-electron chi connectivity index (χ1n) is 8.92. The van der Waals surface area contributed by atoms with Crippen molar-refractivity contribution >= 4 is 17.0 Å². The van der Waals surface area contributed by atoms with Gasteiger partial charge in [-0.25, -0.2) is 14.8 Å². The van der Waals surface area contributed by atoms with Crippen LogP contribution in [0.25, 0.3) is 11.0 Å². The highest BCUT2D eigenvalue weighted by atomic mass is 16.5. The monoisotopic (exact) mass is 339 g/mol. The molecule has 0 amide bonds. The van der Waals surface area contributed by atoms with Crippen molar-refractivity contribution in [2.75, 3.05) is 26.7 Å². The molecule has 5 heteroatoms. The highest BCUT2D eigenvalue weighted by Gasteiger charge is 2.21. The summed E-state index contributed by atoms with van der Waals surface area (Å²) in [6.07, 6.45) is 9.80. The van der Waals surface area contributed by atoms with E-state index in [-0.39, 0.29) is 5.97 Å². The van der Waals surface area contributed by atoms with Gasteiger partial charge in [0, 0.05) is 36.4 Å². The molecule has 0 radical (unpaired) electrons. The number of nitrogens with zero attached hydrogens (tertiary/aromatic N) is 3. The molecular formula is C20H25N3O2. The number of aryl methyl sites for hydroxylation is 1. The van der Waals surface area contributed by atoms with Gasteiger partial charge in [0.15, 0.2) is 5.65 Å². The second-order valence-corrected chi connectivity index (χ2v) is 6.58. The summed E-state index contributed by atoms with van der Waals surface area (Å²) in [6, 6.07) is 8.20. The molecule has 1 atom stereocenters. The van der Waals surface area contributed by atoms with Crippen molar-refractivity contribution in [2.45, 2.75) is 25.7 Å². The fourth-order valence-corrected chi connectivity index (χ4v) is 3.38. The highest BCUT2D eigenvalue weighted by Crippen LogP contribution is 2.22. The first-order valence-corrected chi connectivity index (χ1v) is 8.92. The molecule has 25 heavy (non-hydrogen) atoms. The van der Waals surface area contributed by atoms with Gasteiger partial charge in [0.25, 0.3) is 0 Å². The summed E-state index contributed by atoms with van der Waals surface area (Å²) in [7, 11) is 1.40. The Bertz CT molecular complexity index is 745. The molecular weight excluding hydrogens is 314 g/mol. The SMILES string of the molecule is COC(=O)/C=C/CN1CCC(CCCc2ccc3cccnc3n2)C1. The number of methoxy groups -OCH3 is 1. The minimum absolute atomic E-state index is 0.284. The number of esters is 1. The first-order chi connectivity index (χ1) is 12.2. The molecule has 1 saturated heterocycles. The molecule has 1 unspecified atom stereocenters. The van der Waals surface area contributed by atoms with Crippen LogP contribution in [0.5, 0.6) is 0 Å². The average Bonchev–Trinajstić information content (AvgIpc) is 3.09. The Morgan fingerprint density at radius 1 is 1.40 bits per heavy atom. The molecule has 0 N–H and O–H groups in total. The lowest BCUT2D eigenvalue weighted by atomic mass is 10.0. The van der Waals surface area contributed by atoms with Gasteiger partial charge in [-0.15, -0.1) is 0 Å². The van der Waals surface area contributed by atoms with Crippen LogP contribution in [0.2, 0.25) is 0 Å². The number of ether oxygens (including phenoxy) is 1. The quantitative estimate of drug-likeness (QED) is 0.573. The second-order valence-electron chi connectivity index (χ2n) is 6.58. The van der Waals surface area contributed by atoms with Crippen molar-refractivity contribution in [2.24, 2.45) is 5.92 Å². The lowest BCUT2D eigenvalue weighted by Crippen LogP contribution is -2.20. The lowest BCUT2D eigenvalue weighted by Gasteiger charge is -2.13. The number of aromatic nitrogens is 2. The first kappa shape index (κ1) is 17.5. The number of fused-ring (bicyclic) bond motifs is 1. The smallest absolute Gasteiger partial charge is 0.330 e. The Morgan fingerprint density at radius 2 is 2.32 bits per heavy atom. The van der Waals surface area contributed by atoms with Gasteiger partial charge in [0.1, 0.15) is 0 Å². The zero-order valence-corrected chi connectivity index (χ0v) is 14.7. The Kier molecular flexibility index (Phi) is 6.12. The number of likely N-dealkylation sites (tertiary alicyclic amines) is 1. The molecule has 5 nitrogen and oxygen atoms in total. The van der Waals surface area contributed by atoms with E-state index in [0.717, 1.165) is 55.1 Å². The predicted molar refractivity (Wildman–Crippen MR) is 98.2 cm³/mol. The third kappa shape index (κ3) is 5.10. The lowest BCUT2D eigenvalue weighted by molar-refractivity contribution is -0.134. The van der Waals surface area contributed by atoms with Crippen LogP contribution in [-0.4, -0.2) is 47.6 Å². The van der Waals surface area contributed by atoms with Crippen LogP contribution >= 0.6 is 0 Å². The molecule has 2 aromatic heterocycles. The maximum absolute atomic E-state index is 11.1. The van der Waals surface area contributed by atoms with Gasteiger partial charge < -0.3 is 4.74 Å². The van der Waals surface area contributed by atoms with Gasteiger partial charge in [-0.2, -0.15) is 0 Å². The molecule has 2 aromatic rings. The number of rotatable bonds is 7. The molecule has 3 rings (SSSR count). The third-order valence-electron chi connectivity index (χ3n) is 4.76. The van der Waals surface area contributed by atoms with Crippen LogP contribution < -0.4 is 0 Å². The number of pyridine rings is 2. The standard InChI is InChI=1S/C20H25N3O2/c1-25-19(24)8-4-13-23-14-11-16(15-23)5-2-7-18-10-9-17-6-3-12-21-20(17)22-18/h3-4,6,8-10,12,16H,2,5,7,11,13-15H2,1H3/b8-4+. The van der Waals surface area contributed by atoms with E-state index in [0.29, 0.717) is 0 Å². The molecule has 0 bridgehead atoms. The van der Waals surface area contributed by atoms with E-state index < -0.39 is 0 Å². The van der Waals surface area contributed by atoms with Crippen LogP contribution in [0.3, 0.4) is 0 Å². The predicted octanol–water partition coefficient (Wildman–Crippen LogP) is 3.00. The molecule has 132 valence electrons. The van der Waals surface area contributed by atoms with Crippen LogP contribution in [-0.2, 0) is 16.0 Å². The Morgan fingerprint density at radius 3 is 3.20 bits per heavy atom. The van der Waals surface area contributed by atoms with Crippen LogP contribution in [0.1, 0.15) is 25.0 Å². The molecule has 1 fully saturated rings. The third-order valence-corrected chi connectivity index (χ3v) is 4.76. The van der Waals surface area contributed by atoms with Gasteiger partial charge in [-0.05, 0) is 62.4 Å². The fourth-order valence-electron chi connectivity index (χ4n) is 3.38. The van der Waals surface area contributed by atoms with Gasteiger partial charge >= 0.3 is 5.97 Å². The van der Waals surface area contributed by atoms with E-state index >= 15 is 0 Å². The van der Waals surface area contributed by atoms with E-state index in [4.69, 9.17) is 0 Å². The maximum atomic E-state index is 11.1. The molecule has 0 saturated carbocycles. The minimum Gasteiger partial charge on any atom is -0.466 e. The number of carbonyl (C=O) groups is 1. The van der Waals surface area contributed by atoms with Crippen molar-refractivity contribution in [3.8, 4) is 0 Å². The Balaban J connectivity index is 1.40. The van der Waals surface area contributed by atoms with Crippen LogP contribution in [0.15, 0.2) is 42.6 Å². The summed E-state index contributed by atoms with van der Waals surface area (Å²) in [5.74, 6) is 0.457. The summed E-state index contributed by atoms with van der Waals surface area (Å²) < 4.78 is 4.60. The summed E-state index contributed by atoms with van der Waals surface area (Å²) in [6.45, 7) is 3.04. The summed E-state index contributed by atoms with van der Waals surface area (Å²) in [5.41, 5.74) is 1.96. The van der Waals surface area contributed by atoms with Crippen molar-refractivity contribution in [3.63, 3.8) is 0 Å². The summed E-state index contributed by atoms with van der Waals surface area (Å²) >= 11 is 0. The van der Waals surface area contributed by atoms with Crippen molar-refractivity contribution in [3.05, 3.63) is 48.3 Å². The highest BCUT2D eigenvalue weighted by molar-refractivity contribution is 5.81. The minimum atomic E-state index is -0.284. The number of hydrogen-bond acceptors (Lipinski definition) is 5. The Hall–Kier alpha value is -2.27. The molecule has 0 aliphatic carbocycles. The van der Waals surface area contributed by atoms with Gasteiger partial charge in [-0.1, -0.05) is 6.08 Å². The molecule has 0 aromatic carbocycles. The van der Waals surface area contributed by atoms with Crippen LogP contribution in [0, 0.1) is 5.92 Å². The van der Waals surface area contributed by atoms with E-state index in [2.05, 4.69) is 31.7 Å². The summed E-state index contributed by atoms with van der Waals surface area (Å²) in [4.78, 5) is 22.4. The van der Waals surface area contributed by atoms with E-state index in [1.165, 1.54) is 26.0 Å². The van der Waals surface area contributed by atoms with E-state index in [1.807, 2.05) is 18.2 Å². The van der Waals surface area contributed by atoms with Gasteiger partial charge in [-0.3, -0.25) is 4.90 Å². The van der Waals surface area contributed by atoms with E-state index in [1.54, 1.807) is 6.20 Å². The van der Waals surface area contributed by atoms with Crippen LogP contribution in [0.4, 0.5) is 0 Å². The van der Waals surface area contributed by atoms with Crippen molar-refractivity contribution in [1.29, 1.82) is 0 Å². The number of hydrogen-bond donors (Lipinski definition) is 0. The molecule has 1 aliphatic heterocycles. The molecule has 0 spiro atoms. The topological polar surface area (TPSA) is 55.3 Å². The van der Waals surface area contributed by atoms with E-state index in [9.17, 15) is 4.79 Å². The molecule has 3 heterocycles. The molecule has 1 aliphatic rings. The van der Waals surface area contributed by atoms with Gasteiger partial charge in [0.2, 0.25) is 0 Å². The fraction of sp³-hybridized carbons (Fsp3) is 0.450. The van der Waals surface area contributed by atoms with Gasteiger partial charge in [0.05, 0.1) is 7.11 Å². The second kappa shape index (κ2) is 8.72. The van der Waals surface area contributed by atoms with Crippen molar-refractivity contribution < 1.29 is 9.53 Å². The summed E-state index contributed by atoms with van der Waals surface area (Å²) in [5, 5.41) is 1.10. The Labute approximate surface area is 148 Å². The average molecular weight is 339 g/mol. The normalized spacial score (nSPS) is 18.2. The number of carbonyl (C=O) groups excluding carboxylic acids is 1.